The molecule has 3 rings (SSSR count). The maximum Gasteiger partial charge on any atom is 0.316 e. The molecular weight excluding hydrogens is 390 g/mol. The Morgan fingerprint density at radius 2 is 1.79 bits per heavy atom. The third-order valence-corrected chi connectivity index (χ3v) is 5.03. The monoisotopic (exact) mass is 413 g/mol. The molecule has 0 saturated heterocycles. The van der Waals surface area contributed by atoms with Crippen molar-refractivity contribution in [2.75, 3.05) is 26.6 Å². The third-order valence-electron chi connectivity index (χ3n) is 4.13. The zero-order chi connectivity index (χ0) is 20.8. The summed E-state index contributed by atoms with van der Waals surface area (Å²) in [5.74, 6) is 1.79. The molecule has 8 heteroatoms. The van der Waals surface area contributed by atoms with E-state index in [-0.39, 0.29) is 11.7 Å². The molecule has 7 nitrogen and oxygen atoms in total. The Kier molecular flexibility index (Phi) is 6.77. The van der Waals surface area contributed by atoms with Crippen molar-refractivity contribution in [1.29, 1.82) is 0 Å². The molecule has 29 heavy (non-hydrogen) atoms. The second-order valence-electron chi connectivity index (χ2n) is 6.18. The first-order valence-electron chi connectivity index (χ1n) is 9.10. The summed E-state index contributed by atoms with van der Waals surface area (Å²) < 4.78 is 17.7. The van der Waals surface area contributed by atoms with Gasteiger partial charge in [-0.1, -0.05) is 23.9 Å². The van der Waals surface area contributed by atoms with E-state index in [9.17, 15) is 4.79 Å². The Morgan fingerprint density at radius 3 is 2.41 bits per heavy atom. The number of carbonyl (C=O) groups excluding carboxylic acids is 1. The van der Waals surface area contributed by atoms with Crippen LogP contribution in [-0.4, -0.2) is 47.3 Å². The Bertz CT molecular complexity index is 981. The molecular formula is C21H23N3O4S. The third kappa shape index (κ3) is 4.89. The lowest BCUT2D eigenvalue weighted by molar-refractivity contribution is -0.139. The van der Waals surface area contributed by atoms with Crippen molar-refractivity contribution >= 4 is 17.7 Å². The van der Waals surface area contributed by atoms with Crippen LogP contribution in [0, 0.1) is 6.92 Å². The van der Waals surface area contributed by atoms with Crippen LogP contribution in [0.25, 0.3) is 17.1 Å². The number of esters is 1. The fourth-order valence-corrected chi connectivity index (χ4v) is 3.56. The van der Waals surface area contributed by atoms with Crippen LogP contribution >= 0.6 is 11.8 Å². The van der Waals surface area contributed by atoms with E-state index in [1.165, 1.54) is 11.8 Å². The Hall–Kier alpha value is -3.00. The van der Waals surface area contributed by atoms with Gasteiger partial charge in [0.2, 0.25) is 0 Å². The first-order valence-corrected chi connectivity index (χ1v) is 10.1. The number of thioether (sulfide) groups is 1. The van der Waals surface area contributed by atoms with E-state index in [2.05, 4.69) is 10.2 Å². The van der Waals surface area contributed by atoms with Gasteiger partial charge in [-0.25, -0.2) is 0 Å². The van der Waals surface area contributed by atoms with Crippen molar-refractivity contribution in [3.8, 4) is 28.6 Å². The Balaban J connectivity index is 2.09. The van der Waals surface area contributed by atoms with Gasteiger partial charge in [0.25, 0.3) is 0 Å². The lowest BCUT2D eigenvalue weighted by Gasteiger charge is -2.12. The highest BCUT2D eigenvalue weighted by Crippen LogP contribution is 2.33. The van der Waals surface area contributed by atoms with Gasteiger partial charge in [-0.15, -0.1) is 10.2 Å². The van der Waals surface area contributed by atoms with E-state index in [0.717, 1.165) is 16.8 Å². The molecule has 3 aromatic rings. The molecule has 0 unspecified atom stereocenters. The molecule has 1 heterocycles. The summed E-state index contributed by atoms with van der Waals surface area (Å²) in [5, 5.41) is 9.32. The van der Waals surface area contributed by atoms with Gasteiger partial charge in [0.1, 0.15) is 11.5 Å². The maximum atomic E-state index is 11.8. The topological polar surface area (TPSA) is 75.5 Å². The average molecular weight is 413 g/mol. The van der Waals surface area contributed by atoms with Gasteiger partial charge >= 0.3 is 5.97 Å². The number of ether oxygens (including phenoxy) is 3. The molecule has 152 valence electrons. The number of methoxy groups -OCH3 is 2. The highest BCUT2D eigenvalue weighted by atomic mass is 32.2. The van der Waals surface area contributed by atoms with Gasteiger partial charge in [0, 0.05) is 17.3 Å². The van der Waals surface area contributed by atoms with E-state index < -0.39 is 0 Å². The molecule has 1 aromatic heterocycles. The minimum absolute atomic E-state index is 0.152. The summed E-state index contributed by atoms with van der Waals surface area (Å²) in [6.07, 6.45) is 0. The summed E-state index contributed by atoms with van der Waals surface area (Å²) in [7, 11) is 3.20. The van der Waals surface area contributed by atoms with Crippen molar-refractivity contribution in [1.82, 2.24) is 14.8 Å². The number of aromatic nitrogens is 3. The quantitative estimate of drug-likeness (QED) is 0.409. The van der Waals surface area contributed by atoms with Crippen LogP contribution < -0.4 is 9.47 Å². The van der Waals surface area contributed by atoms with Crippen molar-refractivity contribution in [2.45, 2.75) is 19.0 Å². The smallest absolute Gasteiger partial charge is 0.316 e. The van der Waals surface area contributed by atoms with Crippen LogP contribution in [0.3, 0.4) is 0 Å². The summed E-state index contributed by atoms with van der Waals surface area (Å²) in [6, 6.07) is 13.6. The van der Waals surface area contributed by atoms with Crippen LogP contribution in [0.15, 0.2) is 47.6 Å². The minimum atomic E-state index is -0.291. The highest BCUT2D eigenvalue weighted by molar-refractivity contribution is 7.99. The highest BCUT2D eigenvalue weighted by Gasteiger charge is 2.19. The first-order chi connectivity index (χ1) is 14.0. The van der Waals surface area contributed by atoms with Crippen LogP contribution in [0.1, 0.15) is 12.5 Å². The summed E-state index contributed by atoms with van der Waals surface area (Å²) >= 11 is 1.28. The van der Waals surface area contributed by atoms with Crippen LogP contribution in [0.2, 0.25) is 0 Å². The number of hydrogen-bond donors (Lipinski definition) is 0. The van der Waals surface area contributed by atoms with E-state index in [1.807, 2.05) is 47.9 Å². The molecule has 0 aliphatic rings. The number of rotatable bonds is 8. The average Bonchev–Trinajstić information content (AvgIpc) is 3.16. The van der Waals surface area contributed by atoms with Gasteiger partial charge in [-0.2, -0.15) is 0 Å². The van der Waals surface area contributed by atoms with Crippen molar-refractivity contribution in [3.05, 3.63) is 48.0 Å². The SMILES string of the molecule is CCOC(=O)CSc1nnc(-c2cc(OC)cc(OC)c2)n1-c1cccc(C)c1. The second kappa shape index (κ2) is 9.47. The molecule has 0 radical (unpaired) electrons. The summed E-state index contributed by atoms with van der Waals surface area (Å²) in [6.45, 7) is 4.15. The standard InChI is InChI=1S/C21H23N3O4S/c1-5-28-19(25)13-29-21-23-22-20(24(21)16-8-6-7-14(2)9-16)15-10-17(26-3)12-18(11-15)27-4/h6-12H,5,13H2,1-4H3. The Labute approximate surface area is 174 Å². The fourth-order valence-electron chi connectivity index (χ4n) is 2.81. The molecule has 0 N–H and O–H groups in total. The van der Waals surface area contributed by atoms with Gasteiger partial charge in [0.15, 0.2) is 11.0 Å². The lowest BCUT2D eigenvalue weighted by Crippen LogP contribution is -2.08. The molecule has 0 spiro atoms. The Morgan fingerprint density at radius 1 is 1.07 bits per heavy atom. The molecule has 0 aliphatic heterocycles. The number of aryl methyl sites for hydroxylation is 1. The van der Waals surface area contributed by atoms with Gasteiger partial charge in [-0.05, 0) is 43.7 Å². The summed E-state index contributed by atoms with van der Waals surface area (Å²) in [5.41, 5.74) is 2.79. The van der Waals surface area contributed by atoms with Crippen LogP contribution in [-0.2, 0) is 9.53 Å². The molecule has 0 fully saturated rings. The van der Waals surface area contributed by atoms with Gasteiger partial charge in [-0.3, -0.25) is 9.36 Å². The van der Waals surface area contributed by atoms with Crippen LogP contribution in [0.5, 0.6) is 11.5 Å². The number of carbonyl (C=O) groups is 1. The summed E-state index contributed by atoms with van der Waals surface area (Å²) in [4.78, 5) is 11.8. The lowest BCUT2D eigenvalue weighted by atomic mass is 10.1. The second-order valence-corrected chi connectivity index (χ2v) is 7.12. The number of nitrogens with zero attached hydrogens (tertiary/aromatic N) is 3. The molecule has 0 amide bonds. The molecule has 2 aromatic carbocycles. The minimum Gasteiger partial charge on any atom is -0.497 e. The van der Waals surface area contributed by atoms with Crippen LogP contribution in [0.4, 0.5) is 0 Å². The molecule has 0 atom stereocenters. The normalized spacial score (nSPS) is 10.6. The van der Waals surface area contributed by atoms with Crippen molar-refractivity contribution < 1.29 is 19.0 Å². The predicted molar refractivity (Wildman–Crippen MR) is 112 cm³/mol. The van der Waals surface area contributed by atoms with E-state index in [0.29, 0.717) is 29.1 Å². The van der Waals surface area contributed by atoms with Gasteiger partial charge < -0.3 is 14.2 Å². The molecule has 0 bridgehead atoms. The molecule has 0 aliphatic carbocycles. The van der Waals surface area contributed by atoms with E-state index >= 15 is 0 Å². The predicted octanol–water partition coefficient (Wildman–Crippen LogP) is 3.92. The fraction of sp³-hybridized carbons (Fsp3) is 0.286. The zero-order valence-electron chi connectivity index (χ0n) is 16.8. The largest absolute Gasteiger partial charge is 0.497 e. The first kappa shape index (κ1) is 20.7. The molecule has 0 saturated carbocycles. The number of benzene rings is 2. The zero-order valence-corrected chi connectivity index (χ0v) is 17.7. The maximum absolute atomic E-state index is 11.8. The van der Waals surface area contributed by atoms with Crippen molar-refractivity contribution in [2.24, 2.45) is 0 Å². The van der Waals surface area contributed by atoms with E-state index in [4.69, 9.17) is 14.2 Å². The van der Waals surface area contributed by atoms with Gasteiger partial charge in [0.05, 0.1) is 26.6 Å². The van der Waals surface area contributed by atoms with Crippen molar-refractivity contribution in [3.63, 3.8) is 0 Å². The number of hydrogen-bond acceptors (Lipinski definition) is 7. The van der Waals surface area contributed by atoms with E-state index in [1.54, 1.807) is 27.2 Å².